The summed E-state index contributed by atoms with van der Waals surface area (Å²) in [5.74, 6) is 0.873. The molecule has 2 unspecified atom stereocenters. The largest absolute Gasteiger partial charge is 0.106 e. The molecule has 0 spiro atoms. The van der Waals surface area contributed by atoms with E-state index in [1.165, 1.54) is 12.8 Å². The molecule has 0 heteroatoms. The van der Waals surface area contributed by atoms with E-state index in [4.69, 9.17) is 0 Å². The molecule has 0 heterocycles. The van der Waals surface area contributed by atoms with Gasteiger partial charge in [0.15, 0.2) is 0 Å². The van der Waals surface area contributed by atoms with Gasteiger partial charge in [0, 0.05) is 0 Å². The lowest BCUT2D eigenvalue weighted by Gasteiger charge is -2.33. The van der Waals surface area contributed by atoms with Crippen LogP contribution in [0.1, 0.15) is 33.6 Å². The molecule has 0 aromatic carbocycles. The number of allylic oxidation sites excluding steroid dienone is 2. The third-order valence-electron chi connectivity index (χ3n) is 4.07. The predicted octanol–water partition coefficient (Wildman–Crippen LogP) is 3.80. The molecule has 12 heavy (non-hydrogen) atoms. The highest BCUT2D eigenvalue weighted by Gasteiger charge is 2.52. The molecule has 2 bridgehead atoms. The molecule has 2 atom stereocenters. The molecule has 0 radical (unpaired) electrons. The van der Waals surface area contributed by atoms with Gasteiger partial charge in [-0.05, 0) is 29.6 Å². The van der Waals surface area contributed by atoms with Gasteiger partial charge < -0.3 is 0 Å². The predicted molar refractivity (Wildman–Crippen MR) is 55.0 cm³/mol. The summed E-state index contributed by atoms with van der Waals surface area (Å²) in [7, 11) is 0. The van der Waals surface area contributed by atoms with E-state index in [9.17, 15) is 0 Å². The van der Waals surface area contributed by atoms with Crippen molar-refractivity contribution in [2.75, 3.05) is 0 Å². The monoisotopic (exact) mass is 164 g/mol. The zero-order valence-electron chi connectivity index (χ0n) is 8.56. The van der Waals surface area contributed by atoms with Gasteiger partial charge in [0.2, 0.25) is 0 Å². The quantitative estimate of drug-likeness (QED) is 0.478. The van der Waals surface area contributed by atoms with Crippen LogP contribution in [0.2, 0.25) is 0 Å². The average Bonchev–Trinajstić information content (AvgIpc) is 2.40. The Labute approximate surface area is 76.4 Å². The fraction of sp³-hybridized carbons (Fsp3) is 0.667. The molecule has 0 amide bonds. The van der Waals surface area contributed by atoms with Crippen LogP contribution in [0, 0.1) is 16.7 Å². The lowest BCUT2D eigenvalue weighted by molar-refractivity contribution is 0.182. The Kier molecular flexibility index (Phi) is 2.20. The number of rotatable bonds is 0. The first-order valence-corrected chi connectivity index (χ1v) is 4.76. The maximum Gasteiger partial charge on any atom is -0.00895 e. The van der Waals surface area contributed by atoms with Gasteiger partial charge in [-0.25, -0.2) is 0 Å². The fourth-order valence-electron chi connectivity index (χ4n) is 2.53. The highest BCUT2D eigenvalue weighted by atomic mass is 14.6. The Balaban J connectivity index is 0.000000336. The SMILES string of the molecule is C=C.CC12C=CC(CC1)C2(C)C. The lowest BCUT2D eigenvalue weighted by atomic mass is 9.71. The van der Waals surface area contributed by atoms with Gasteiger partial charge in [-0.1, -0.05) is 32.9 Å². The highest BCUT2D eigenvalue weighted by molar-refractivity contribution is 5.22. The van der Waals surface area contributed by atoms with Crippen LogP contribution in [-0.4, -0.2) is 0 Å². The van der Waals surface area contributed by atoms with Crippen molar-refractivity contribution in [1.82, 2.24) is 0 Å². The van der Waals surface area contributed by atoms with Crippen LogP contribution >= 0.6 is 0 Å². The molecule has 2 aliphatic rings. The Morgan fingerprint density at radius 2 is 1.83 bits per heavy atom. The summed E-state index contributed by atoms with van der Waals surface area (Å²) in [6, 6.07) is 0. The maximum atomic E-state index is 3.00. The van der Waals surface area contributed by atoms with Crippen molar-refractivity contribution in [3.8, 4) is 0 Å². The molecule has 0 nitrogen and oxygen atoms in total. The molecular formula is C12H20. The fourth-order valence-corrected chi connectivity index (χ4v) is 2.53. The molecule has 2 rings (SSSR count). The second-order valence-electron chi connectivity index (χ2n) is 4.64. The Bertz CT molecular complexity index is 200. The van der Waals surface area contributed by atoms with E-state index in [2.05, 4.69) is 46.1 Å². The maximum absolute atomic E-state index is 3.00. The van der Waals surface area contributed by atoms with Gasteiger partial charge in [0.1, 0.15) is 0 Å². The van der Waals surface area contributed by atoms with Crippen molar-refractivity contribution in [2.45, 2.75) is 33.6 Å². The normalized spacial score (nSPS) is 40.8. The summed E-state index contributed by atoms with van der Waals surface area (Å²) in [6.07, 6.45) is 7.67. The molecule has 1 fully saturated rings. The van der Waals surface area contributed by atoms with Crippen LogP contribution in [0.25, 0.3) is 0 Å². The van der Waals surface area contributed by atoms with Crippen molar-refractivity contribution in [1.29, 1.82) is 0 Å². The summed E-state index contributed by atoms with van der Waals surface area (Å²) in [5, 5.41) is 0. The summed E-state index contributed by atoms with van der Waals surface area (Å²) in [6.45, 7) is 13.2. The first-order chi connectivity index (χ1) is 5.56. The van der Waals surface area contributed by atoms with E-state index < -0.39 is 0 Å². The molecule has 0 aromatic heterocycles. The number of hydrogen-bond acceptors (Lipinski definition) is 0. The third kappa shape index (κ3) is 0.972. The summed E-state index contributed by atoms with van der Waals surface area (Å²) in [4.78, 5) is 0. The van der Waals surface area contributed by atoms with E-state index in [0.29, 0.717) is 10.8 Å². The Morgan fingerprint density at radius 1 is 1.25 bits per heavy atom. The third-order valence-corrected chi connectivity index (χ3v) is 4.07. The molecule has 0 aromatic rings. The molecule has 2 aliphatic carbocycles. The van der Waals surface area contributed by atoms with Gasteiger partial charge in [0.05, 0.1) is 0 Å². The minimum atomic E-state index is 0.525. The summed E-state index contributed by atoms with van der Waals surface area (Å²) < 4.78 is 0. The molecular weight excluding hydrogens is 144 g/mol. The van der Waals surface area contributed by atoms with Gasteiger partial charge in [-0.15, -0.1) is 13.2 Å². The van der Waals surface area contributed by atoms with Crippen molar-refractivity contribution >= 4 is 0 Å². The van der Waals surface area contributed by atoms with Crippen LogP contribution in [0.5, 0.6) is 0 Å². The van der Waals surface area contributed by atoms with Crippen LogP contribution in [-0.2, 0) is 0 Å². The standard InChI is InChI=1S/C10H16.C2H4/c1-9(2)8-4-6-10(9,3)7-5-8;1-2/h4,6,8H,5,7H2,1-3H3;1-2H2. The van der Waals surface area contributed by atoms with E-state index in [0.717, 1.165) is 5.92 Å². The minimum absolute atomic E-state index is 0.525. The van der Waals surface area contributed by atoms with Crippen molar-refractivity contribution in [2.24, 2.45) is 16.7 Å². The first-order valence-electron chi connectivity index (χ1n) is 4.76. The number of fused-ring (bicyclic) bond motifs is 2. The van der Waals surface area contributed by atoms with E-state index >= 15 is 0 Å². The minimum Gasteiger partial charge on any atom is -0.106 e. The molecule has 0 saturated heterocycles. The molecule has 1 saturated carbocycles. The topological polar surface area (TPSA) is 0 Å². The Hall–Kier alpha value is -0.520. The summed E-state index contributed by atoms with van der Waals surface area (Å²) >= 11 is 0. The second kappa shape index (κ2) is 2.76. The summed E-state index contributed by atoms with van der Waals surface area (Å²) in [5.41, 5.74) is 1.07. The zero-order chi connectivity index (χ0) is 9.41. The van der Waals surface area contributed by atoms with Crippen LogP contribution < -0.4 is 0 Å². The van der Waals surface area contributed by atoms with E-state index in [-0.39, 0.29) is 0 Å². The van der Waals surface area contributed by atoms with Crippen LogP contribution in [0.15, 0.2) is 25.3 Å². The smallest absolute Gasteiger partial charge is 0.00895 e. The van der Waals surface area contributed by atoms with Crippen LogP contribution in [0.3, 0.4) is 0 Å². The lowest BCUT2D eigenvalue weighted by Crippen LogP contribution is -2.27. The van der Waals surface area contributed by atoms with Gasteiger partial charge >= 0.3 is 0 Å². The van der Waals surface area contributed by atoms with E-state index in [1.807, 2.05) is 0 Å². The van der Waals surface area contributed by atoms with Gasteiger partial charge in [0.25, 0.3) is 0 Å². The van der Waals surface area contributed by atoms with E-state index in [1.54, 1.807) is 0 Å². The molecule has 68 valence electrons. The Morgan fingerprint density at radius 3 is 1.92 bits per heavy atom. The van der Waals surface area contributed by atoms with Crippen molar-refractivity contribution in [3.63, 3.8) is 0 Å². The van der Waals surface area contributed by atoms with Crippen LogP contribution in [0.4, 0.5) is 0 Å². The van der Waals surface area contributed by atoms with Gasteiger partial charge in [-0.2, -0.15) is 0 Å². The highest BCUT2D eigenvalue weighted by Crippen LogP contribution is 2.61. The van der Waals surface area contributed by atoms with Gasteiger partial charge in [-0.3, -0.25) is 0 Å². The zero-order valence-corrected chi connectivity index (χ0v) is 8.56. The van der Waals surface area contributed by atoms with Crippen molar-refractivity contribution in [3.05, 3.63) is 25.3 Å². The second-order valence-corrected chi connectivity index (χ2v) is 4.64. The molecule has 0 aliphatic heterocycles. The number of hydrogen-bond donors (Lipinski definition) is 0. The van der Waals surface area contributed by atoms with Crippen molar-refractivity contribution < 1.29 is 0 Å². The average molecular weight is 164 g/mol. The molecule has 0 N–H and O–H groups in total. The first kappa shape index (κ1) is 9.57.